The lowest BCUT2D eigenvalue weighted by Gasteiger charge is -2.39. The summed E-state index contributed by atoms with van der Waals surface area (Å²) in [5.74, 6) is -1.63. The molecule has 6 heteroatoms. The molecule has 0 bridgehead atoms. The van der Waals surface area contributed by atoms with Gasteiger partial charge in [0.15, 0.2) is 0 Å². The van der Waals surface area contributed by atoms with Gasteiger partial charge in [-0.25, -0.2) is 0 Å². The molecule has 0 spiro atoms. The molecule has 2 aliphatic heterocycles. The molecule has 0 aliphatic carbocycles. The fourth-order valence-corrected chi connectivity index (χ4v) is 3.25. The Morgan fingerprint density at radius 2 is 2.21 bits per heavy atom. The fourth-order valence-electron chi connectivity index (χ4n) is 3.25. The van der Waals surface area contributed by atoms with Crippen molar-refractivity contribution in [2.24, 2.45) is 5.92 Å². The highest BCUT2D eigenvalue weighted by atomic mass is 16.6. The van der Waals surface area contributed by atoms with Crippen molar-refractivity contribution in [1.29, 1.82) is 0 Å². The minimum absolute atomic E-state index is 0.00787. The average molecular weight is 261 g/mol. The number of nitro benzene ring substituents is 1. The number of nitro groups is 1. The van der Waals surface area contributed by atoms with E-state index in [1.54, 1.807) is 6.07 Å². The Morgan fingerprint density at radius 1 is 1.42 bits per heavy atom. The standard InChI is InChI=1S/C13H14N2O4/c16-13(17)10-7-8-6-9(15(18)19)3-4-11(8)14-5-1-2-12(10)14/h3-4,6,10,12H,1-2,5,7H2,(H,16,17)/p-1/t10-,12+/m1/s1. The van der Waals surface area contributed by atoms with E-state index in [4.69, 9.17) is 0 Å². The molecule has 1 aromatic rings. The van der Waals surface area contributed by atoms with Crippen molar-refractivity contribution in [2.75, 3.05) is 11.4 Å². The van der Waals surface area contributed by atoms with E-state index in [9.17, 15) is 20.0 Å². The highest BCUT2D eigenvalue weighted by Crippen LogP contribution is 2.40. The van der Waals surface area contributed by atoms with Gasteiger partial charge in [0.25, 0.3) is 5.69 Å². The lowest BCUT2D eigenvalue weighted by Crippen LogP contribution is -2.49. The number of carboxylic acids is 1. The van der Waals surface area contributed by atoms with Gasteiger partial charge >= 0.3 is 0 Å². The lowest BCUT2D eigenvalue weighted by atomic mass is 9.85. The molecule has 0 aromatic heterocycles. The van der Waals surface area contributed by atoms with E-state index < -0.39 is 16.8 Å². The molecule has 1 aromatic carbocycles. The van der Waals surface area contributed by atoms with Crippen LogP contribution < -0.4 is 10.0 Å². The maximum absolute atomic E-state index is 11.3. The molecule has 0 unspecified atom stereocenters. The molecule has 2 aliphatic rings. The third-order valence-corrected chi connectivity index (χ3v) is 4.09. The average Bonchev–Trinajstić information content (AvgIpc) is 2.85. The number of non-ortho nitro benzene ring substituents is 1. The lowest BCUT2D eigenvalue weighted by molar-refractivity contribution is -0.384. The Kier molecular flexibility index (Phi) is 2.66. The van der Waals surface area contributed by atoms with Crippen LogP contribution in [-0.4, -0.2) is 23.5 Å². The van der Waals surface area contributed by atoms with E-state index in [-0.39, 0.29) is 11.7 Å². The number of carboxylic acid groups (broad SMARTS) is 1. The third-order valence-electron chi connectivity index (χ3n) is 4.09. The van der Waals surface area contributed by atoms with E-state index in [1.165, 1.54) is 12.1 Å². The van der Waals surface area contributed by atoms with Crippen molar-refractivity contribution in [3.63, 3.8) is 0 Å². The van der Waals surface area contributed by atoms with Crippen molar-refractivity contribution >= 4 is 17.3 Å². The van der Waals surface area contributed by atoms with Crippen LogP contribution in [0.1, 0.15) is 18.4 Å². The normalized spacial score (nSPS) is 24.7. The molecule has 1 fully saturated rings. The Hall–Kier alpha value is -2.11. The SMILES string of the molecule is O=C([O-])[C@@H]1Cc2cc([N+](=O)[O-])ccc2N2CCC[C@@H]12. The Bertz CT molecular complexity index is 558. The number of benzene rings is 1. The quantitative estimate of drug-likeness (QED) is 0.571. The molecule has 0 saturated carbocycles. The van der Waals surface area contributed by atoms with Crippen molar-refractivity contribution in [2.45, 2.75) is 25.3 Å². The van der Waals surface area contributed by atoms with Crippen molar-refractivity contribution in [3.05, 3.63) is 33.9 Å². The Balaban J connectivity index is 2.05. The topological polar surface area (TPSA) is 86.5 Å². The van der Waals surface area contributed by atoms with E-state index in [1.807, 2.05) is 0 Å². The Morgan fingerprint density at radius 3 is 2.89 bits per heavy atom. The second-order valence-corrected chi connectivity index (χ2v) is 5.10. The summed E-state index contributed by atoms with van der Waals surface area (Å²) in [6.45, 7) is 0.805. The molecular formula is C13H13N2O4-. The van der Waals surface area contributed by atoms with Gasteiger partial charge in [-0.3, -0.25) is 10.1 Å². The number of hydrogen-bond acceptors (Lipinski definition) is 5. The number of nitrogens with zero attached hydrogens (tertiary/aromatic N) is 2. The fraction of sp³-hybridized carbons (Fsp3) is 0.462. The number of rotatable bonds is 2. The maximum atomic E-state index is 11.3. The molecule has 0 radical (unpaired) electrons. The van der Waals surface area contributed by atoms with Crippen LogP contribution in [0.15, 0.2) is 18.2 Å². The predicted octanol–water partition coefficient (Wildman–Crippen LogP) is 0.486. The summed E-state index contributed by atoms with van der Waals surface area (Å²) in [7, 11) is 0. The zero-order chi connectivity index (χ0) is 13.6. The Labute approximate surface area is 109 Å². The van der Waals surface area contributed by atoms with Gasteiger partial charge < -0.3 is 14.8 Å². The van der Waals surface area contributed by atoms with Gasteiger partial charge in [-0.15, -0.1) is 0 Å². The smallest absolute Gasteiger partial charge is 0.269 e. The van der Waals surface area contributed by atoms with Crippen LogP contribution in [0.5, 0.6) is 0 Å². The van der Waals surface area contributed by atoms with Gasteiger partial charge in [-0.05, 0) is 30.9 Å². The van der Waals surface area contributed by atoms with E-state index in [2.05, 4.69) is 4.90 Å². The molecule has 6 nitrogen and oxygen atoms in total. The first-order valence-electron chi connectivity index (χ1n) is 6.33. The largest absolute Gasteiger partial charge is 0.550 e. The molecule has 0 N–H and O–H groups in total. The zero-order valence-corrected chi connectivity index (χ0v) is 10.2. The van der Waals surface area contributed by atoms with Gasteiger partial charge in [0.05, 0.1) is 4.92 Å². The number of carbonyl (C=O) groups is 1. The van der Waals surface area contributed by atoms with Crippen molar-refractivity contribution in [1.82, 2.24) is 0 Å². The molecule has 100 valence electrons. The summed E-state index contributed by atoms with van der Waals surface area (Å²) < 4.78 is 0. The van der Waals surface area contributed by atoms with Gasteiger partial charge in [-0.1, -0.05) is 0 Å². The van der Waals surface area contributed by atoms with Gasteiger partial charge in [0.1, 0.15) is 0 Å². The van der Waals surface area contributed by atoms with Crippen LogP contribution in [0.25, 0.3) is 0 Å². The second kappa shape index (κ2) is 4.22. The summed E-state index contributed by atoms with van der Waals surface area (Å²) in [4.78, 5) is 23.7. The minimum atomic E-state index is -1.06. The van der Waals surface area contributed by atoms with Crippen LogP contribution >= 0.6 is 0 Å². The summed E-state index contributed by atoms with van der Waals surface area (Å²) in [6.07, 6.45) is 2.11. The number of aliphatic carboxylic acids is 1. The number of fused-ring (bicyclic) bond motifs is 3. The van der Waals surface area contributed by atoms with Crippen LogP contribution in [0.4, 0.5) is 11.4 Å². The summed E-state index contributed by atoms with van der Waals surface area (Å²) in [5.41, 5.74) is 1.68. The van der Waals surface area contributed by atoms with E-state index >= 15 is 0 Å². The molecule has 0 amide bonds. The summed E-state index contributed by atoms with van der Waals surface area (Å²) >= 11 is 0. The maximum Gasteiger partial charge on any atom is 0.269 e. The molecule has 2 atom stereocenters. The highest BCUT2D eigenvalue weighted by Gasteiger charge is 2.38. The molecule has 19 heavy (non-hydrogen) atoms. The monoisotopic (exact) mass is 261 g/mol. The zero-order valence-electron chi connectivity index (χ0n) is 10.2. The van der Waals surface area contributed by atoms with Crippen molar-refractivity contribution in [3.8, 4) is 0 Å². The van der Waals surface area contributed by atoms with Crippen LogP contribution in [0.2, 0.25) is 0 Å². The first kappa shape index (κ1) is 12.0. The first-order chi connectivity index (χ1) is 9.08. The molecule has 2 heterocycles. The number of carbonyl (C=O) groups excluding carboxylic acids is 1. The number of hydrogen-bond donors (Lipinski definition) is 0. The number of anilines is 1. The van der Waals surface area contributed by atoms with Gasteiger partial charge in [0, 0.05) is 42.3 Å². The van der Waals surface area contributed by atoms with Crippen molar-refractivity contribution < 1.29 is 14.8 Å². The minimum Gasteiger partial charge on any atom is -0.550 e. The second-order valence-electron chi connectivity index (χ2n) is 5.10. The summed E-state index contributed by atoms with van der Waals surface area (Å²) in [6, 6.07) is 4.67. The predicted molar refractivity (Wildman–Crippen MR) is 65.7 cm³/mol. The van der Waals surface area contributed by atoms with Crippen LogP contribution in [-0.2, 0) is 11.2 Å². The van der Waals surface area contributed by atoms with Crippen LogP contribution in [0, 0.1) is 16.0 Å². The van der Waals surface area contributed by atoms with Gasteiger partial charge in [-0.2, -0.15) is 0 Å². The first-order valence-corrected chi connectivity index (χ1v) is 6.33. The molecule has 1 saturated heterocycles. The van der Waals surface area contributed by atoms with E-state index in [0.717, 1.165) is 30.6 Å². The summed E-state index contributed by atoms with van der Waals surface area (Å²) in [5, 5.41) is 22.0. The van der Waals surface area contributed by atoms with Gasteiger partial charge in [0.2, 0.25) is 0 Å². The highest BCUT2D eigenvalue weighted by molar-refractivity contribution is 5.74. The molecular weight excluding hydrogens is 248 g/mol. The third kappa shape index (κ3) is 1.83. The van der Waals surface area contributed by atoms with E-state index in [0.29, 0.717) is 6.42 Å². The molecule has 3 rings (SSSR count). The van der Waals surface area contributed by atoms with Crippen LogP contribution in [0.3, 0.4) is 0 Å².